The minimum absolute atomic E-state index is 0.251. The maximum absolute atomic E-state index is 13.2. The fraction of sp³-hybridized carbons (Fsp3) is 0.308. The molecule has 34 heavy (non-hydrogen) atoms. The lowest BCUT2D eigenvalue weighted by Crippen LogP contribution is -2.30. The number of piperidine rings is 1. The van der Waals surface area contributed by atoms with Crippen LogP contribution in [0.5, 0.6) is 0 Å². The van der Waals surface area contributed by atoms with Crippen molar-refractivity contribution in [1.29, 1.82) is 0 Å². The molecule has 5 rings (SSSR count). The molecular weight excluding hydrogens is 426 g/mol. The highest BCUT2D eigenvalue weighted by Crippen LogP contribution is 2.27. The number of H-pyrrole nitrogens is 1. The standard InChI is InChI=1S/C26H29N7O/c1-32(2)17-18-12-20(16-27-15-18)19-6-7-23-22(13-19)25(31-30-23)26(34)29-21-8-9-28-24(14-21)33-10-4-3-5-11-33/h6-9,12-16H,3-5,10-11,17H2,1-2H3,(H,30,31)(H,28,29,34). The Morgan fingerprint density at radius 1 is 1.06 bits per heavy atom. The Morgan fingerprint density at radius 2 is 1.91 bits per heavy atom. The summed E-state index contributed by atoms with van der Waals surface area (Å²) < 4.78 is 0. The van der Waals surface area contributed by atoms with Crippen LogP contribution in [-0.4, -0.2) is 58.2 Å². The molecule has 174 valence electrons. The summed E-state index contributed by atoms with van der Waals surface area (Å²) in [6.45, 7) is 2.82. The second-order valence-electron chi connectivity index (χ2n) is 9.06. The first kappa shape index (κ1) is 22.0. The van der Waals surface area contributed by atoms with Crippen LogP contribution in [0.15, 0.2) is 55.0 Å². The summed E-state index contributed by atoms with van der Waals surface area (Å²) in [5.41, 5.74) is 5.03. The lowest BCUT2D eigenvalue weighted by molar-refractivity contribution is 0.102. The van der Waals surface area contributed by atoms with Gasteiger partial charge in [-0.15, -0.1) is 0 Å². The first-order valence-corrected chi connectivity index (χ1v) is 11.7. The van der Waals surface area contributed by atoms with Gasteiger partial charge in [0.05, 0.1) is 5.52 Å². The van der Waals surface area contributed by atoms with Crippen LogP contribution in [0.4, 0.5) is 11.5 Å². The van der Waals surface area contributed by atoms with Crippen LogP contribution >= 0.6 is 0 Å². The minimum Gasteiger partial charge on any atom is -0.357 e. The molecule has 8 nitrogen and oxygen atoms in total. The summed E-state index contributed by atoms with van der Waals surface area (Å²) in [7, 11) is 4.07. The number of hydrogen-bond donors (Lipinski definition) is 2. The van der Waals surface area contributed by atoms with Crippen LogP contribution in [0, 0.1) is 0 Å². The van der Waals surface area contributed by atoms with E-state index in [2.05, 4.69) is 41.3 Å². The normalized spacial score (nSPS) is 14.0. The van der Waals surface area contributed by atoms with E-state index in [0.29, 0.717) is 11.4 Å². The molecule has 0 aliphatic carbocycles. The van der Waals surface area contributed by atoms with Crippen molar-refractivity contribution < 1.29 is 4.79 Å². The van der Waals surface area contributed by atoms with Gasteiger partial charge in [-0.05, 0) is 68.8 Å². The van der Waals surface area contributed by atoms with Crippen molar-refractivity contribution in [1.82, 2.24) is 25.1 Å². The molecule has 3 aromatic heterocycles. The molecule has 0 radical (unpaired) electrons. The Labute approximate surface area is 199 Å². The van der Waals surface area contributed by atoms with E-state index >= 15 is 0 Å². The fourth-order valence-corrected chi connectivity index (χ4v) is 4.45. The number of aromatic amines is 1. The summed E-state index contributed by atoms with van der Waals surface area (Å²) in [5.74, 6) is 0.649. The number of nitrogens with zero attached hydrogens (tertiary/aromatic N) is 5. The van der Waals surface area contributed by atoms with Crippen molar-refractivity contribution in [2.24, 2.45) is 0 Å². The molecule has 4 aromatic rings. The second-order valence-corrected chi connectivity index (χ2v) is 9.06. The van der Waals surface area contributed by atoms with E-state index < -0.39 is 0 Å². The van der Waals surface area contributed by atoms with Crippen LogP contribution in [-0.2, 0) is 6.54 Å². The minimum atomic E-state index is -0.251. The van der Waals surface area contributed by atoms with Gasteiger partial charge in [-0.2, -0.15) is 5.10 Å². The Morgan fingerprint density at radius 3 is 2.74 bits per heavy atom. The quantitative estimate of drug-likeness (QED) is 0.450. The number of pyridine rings is 2. The number of hydrogen-bond acceptors (Lipinski definition) is 6. The van der Waals surface area contributed by atoms with E-state index in [9.17, 15) is 4.79 Å². The third-order valence-corrected chi connectivity index (χ3v) is 6.09. The van der Waals surface area contributed by atoms with Gasteiger partial charge in [0.25, 0.3) is 5.91 Å². The van der Waals surface area contributed by atoms with Gasteiger partial charge in [-0.25, -0.2) is 4.98 Å². The number of amides is 1. The Bertz CT molecular complexity index is 1310. The van der Waals surface area contributed by atoms with Crippen LogP contribution in [0.25, 0.3) is 22.0 Å². The van der Waals surface area contributed by atoms with E-state index in [4.69, 9.17) is 0 Å². The number of rotatable bonds is 6. The molecule has 4 heterocycles. The Balaban J connectivity index is 1.40. The second kappa shape index (κ2) is 9.61. The number of carbonyl (C=O) groups is 1. The smallest absolute Gasteiger partial charge is 0.276 e. The van der Waals surface area contributed by atoms with E-state index in [0.717, 1.165) is 53.0 Å². The first-order chi connectivity index (χ1) is 16.6. The zero-order valence-corrected chi connectivity index (χ0v) is 19.6. The zero-order valence-electron chi connectivity index (χ0n) is 19.6. The van der Waals surface area contributed by atoms with Crippen molar-refractivity contribution in [3.05, 3.63) is 66.2 Å². The Kier molecular flexibility index (Phi) is 6.22. The van der Waals surface area contributed by atoms with E-state index in [1.807, 2.05) is 56.8 Å². The lowest BCUT2D eigenvalue weighted by atomic mass is 10.0. The molecule has 1 fully saturated rings. The highest BCUT2D eigenvalue weighted by atomic mass is 16.1. The first-order valence-electron chi connectivity index (χ1n) is 11.7. The molecule has 0 saturated carbocycles. The van der Waals surface area contributed by atoms with Crippen molar-refractivity contribution >= 4 is 28.3 Å². The number of aromatic nitrogens is 4. The zero-order chi connectivity index (χ0) is 23.5. The number of anilines is 2. The number of nitrogens with one attached hydrogen (secondary N) is 2. The molecule has 8 heteroatoms. The monoisotopic (exact) mass is 455 g/mol. The van der Waals surface area contributed by atoms with E-state index in [-0.39, 0.29) is 5.91 Å². The molecule has 1 aliphatic rings. The van der Waals surface area contributed by atoms with Gasteiger partial charge in [0.15, 0.2) is 5.69 Å². The third kappa shape index (κ3) is 4.77. The number of fused-ring (bicyclic) bond motifs is 1. The van der Waals surface area contributed by atoms with Crippen molar-refractivity contribution in [3.63, 3.8) is 0 Å². The van der Waals surface area contributed by atoms with Crippen LogP contribution in [0.3, 0.4) is 0 Å². The van der Waals surface area contributed by atoms with Crippen LogP contribution in [0.1, 0.15) is 35.3 Å². The topological polar surface area (TPSA) is 90.0 Å². The highest BCUT2D eigenvalue weighted by molar-refractivity contribution is 6.11. The predicted molar refractivity (Wildman–Crippen MR) is 135 cm³/mol. The van der Waals surface area contributed by atoms with Gasteiger partial charge in [0, 0.05) is 60.9 Å². The Hall–Kier alpha value is -3.78. The number of benzene rings is 1. The average Bonchev–Trinajstić information content (AvgIpc) is 3.28. The third-order valence-electron chi connectivity index (χ3n) is 6.09. The predicted octanol–water partition coefficient (Wildman–Crippen LogP) is 4.32. The fourth-order valence-electron chi connectivity index (χ4n) is 4.45. The molecule has 0 atom stereocenters. The van der Waals surface area contributed by atoms with Crippen molar-refractivity contribution in [3.8, 4) is 11.1 Å². The molecule has 0 spiro atoms. The lowest BCUT2D eigenvalue weighted by Gasteiger charge is -2.27. The molecule has 0 unspecified atom stereocenters. The summed E-state index contributed by atoms with van der Waals surface area (Å²) in [6, 6.07) is 11.8. The van der Waals surface area contributed by atoms with Gasteiger partial charge in [0.1, 0.15) is 5.82 Å². The summed E-state index contributed by atoms with van der Waals surface area (Å²) in [6.07, 6.45) is 9.08. The van der Waals surface area contributed by atoms with Gasteiger partial charge >= 0.3 is 0 Å². The van der Waals surface area contributed by atoms with Crippen LogP contribution < -0.4 is 10.2 Å². The molecular formula is C26H29N7O. The van der Waals surface area contributed by atoms with Gasteiger partial charge in [-0.1, -0.05) is 6.07 Å². The largest absolute Gasteiger partial charge is 0.357 e. The van der Waals surface area contributed by atoms with Crippen molar-refractivity contribution in [2.45, 2.75) is 25.8 Å². The molecule has 1 amide bonds. The average molecular weight is 456 g/mol. The van der Waals surface area contributed by atoms with Gasteiger partial charge in [-0.3, -0.25) is 14.9 Å². The molecule has 1 aliphatic heterocycles. The van der Waals surface area contributed by atoms with Crippen LogP contribution in [0.2, 0.25) is 0 Å². The summed E-state index contributed by atoms with van der Waals surface area (Å²) in [4.78, 5) is 26.4. The maximum atomic E-state index is 13.2. The van der Waals surface area contributed by atoms with Gasteiger partial charge in [0.2, 0.25) is 0 Å². The van der Waals surface area contributed by atoms with E-state index in [1.54, 1.807) is 6.20 Å². The molecule has 2 N–H and O–H groups in total. The summed E-state index contributed by atoms with van der Waals surface area (Å²) in [5, 5.41) is 11.1. The van der Waals surface area contributed by atoms with E-state index in [1.165, 1.54) is 19.3 Å². The molecule has 1 aromatic carbocycles. The SMILES string of the molecule is CN(C)Cc1cncc(-c2ccc3[nH]nc(C(=O)Nc4ccnc(N5CCCCC5)c4)c3c2)c1. The van der Waals surface area contributed by atoms with Crippen molar-refractivity contribution in [2.75, 3.05) is 37.4 Å². The summed E-state index contributed by atoms with van der Waals surface area (Å²) >= 11 is 0. The van der Waals surface area contributed by atoms with Gasteiger partial charge < -0.3 is 15.1 Å². The molecule has 0 bridgehead atoms. The highest BCUT2D eigenvalue weighted by Gasteiger charge is 2.17. The maximum Gasteiger partial charge on any atom is 0.276 e. The number of carbonyl (C=O) groups excluding carboxylic acids is 1. The molecule has 1 saturated heterocycles.